The summed E-state index contributed by atoms with van der Waals surface area (Å²) in [6.45, 7) is 5.60. The van der Waals surface area contributed by atoms with E-state index in [0.717, 1.165) is 35.3 Å². The summed E-state index contributed by atoms with van der Waals surface area (Å²) < 4.78 is 7.27. The molecule has 0 spiro atoms. The van der Waals surface area contributed by atoms with Gasteiger partial charge >= 0.3 is 5.97 Å². The SMILES string of the molecule is CCOC(=O)C1CCN(C(=O)CCCCSc2nnc(Cc3ccccc3)n2-c2ccc(C)cc2)CC1. The number of carbonyl (C=O) groups excluding carboxylic acids is 2. The first-order valence-electron chi connectivity index (χ1n) is 13.2. The Morgan fingerprint density at radius 3 is 2.43 bits per heavy atom. The zero-order valence-corrected chi connectivity index (χ0v) is 22.6. The normalized spacial score (nSPS) is 14.1. The molecular formula is C29H36N4O3S. The predicted molar refractivity (Wildman–Crippen MR) is 146 cm³/mol. The van der Waals surface area contributed by atoms with Crippen LogP contribution in [0.1, 0.15) is 56.0 Å². The number of ether oxygens (including phenoxy) is 1. The van der Waals surface area contributed by atoms with Crippen molar-refractivity contribution in [2.24, 2.45) is 5.92 Å². The third-order valence-corrected chi connectivity index (χ3v) is 7.70. The molecular weight excluding hydrogens is 484 g/mol. The Bertz CT molecular complexity index is 1160. The average molecular weight is 521 g/mol. The molecule has 2 aromatic carbocycles. The van der Waals surface area contributed by atoms with E-state index >= 15 is 0 Å². The quantitative estimate of drug-likeness (QED) is 0.196. The minimum absolute atomic E-state index is 0.0712. The zero-order chi connectivity index (χ0) is 26.0. The molecule has 3 aromatic rings. The number of unbranched alkanes of at least 4 members (excludes halogenated alkanes) is 1. The van der Waals surface area contributed by atoms with Crippen molar-refractivity contribution < 1.29 is 14.3 Å². The third kappa shape index (κ3) is 7.44. The molecule has 37 heavy (non-hydrogen) atoms. The van der Waals surface area contributed by atoms with Crippen LogP contribution in [0.5, 0.6) is 0 Å². The van der Waals surface area contributed by atoms with E-state index in [1.165, 1.54) is 11.1 Å². The molecule has 196 valence electrons. The Morgan fingerprint density at radius 2 is 1.73 bits per heavy atom. The summed E-state index contributed by atoms with van der Waals surface area (Å²) in [4.78, 5) is 26.5. The summed E-state index contributed by atoms with van der Waals surface area (Å²) in [5.41, 5.74) is 3.47. The van der Waals surface area contributed by atoms with Crippen LogP contribution < -0.4 is 0 Å². The van der Waals surface area contributed by atoms with Crippen LogP contribution in [0.4, 0.5) is 0 Å². The van der Waals surface area contributed by atoms with Gasteiger partial charge in [0.15, 0.2) is 5.16 Å². The van der Waals surface area contributed by atoms with Crippen LogP contribution in [0.2, 0.25) is 0 Å². The van der Waals surface area contributed by atoms with Gasteiger partial charge in [-0.15, -0.1) is 10.2 Å². The summed E-state index contributed by atoms with van der Waals surface area (Å²) in [7, 11) is 0. The number of thioether (sulfide) groups is 1. The minimum Gasteiger partial charge on any atom is -0.466 e. The molecule has 2 heterocycles. The van der Waals surface area contributed by atoms with E-state index in [4.69, 9.17) is 4.74 Å². The van der Waals surface area contributed by atoms with Crippen LogP contribution in [-0.4, -0.2) is 57.0 Å². The summed E-state index contributed by atoms with van der Waals surface area (Å²) in [6.07, 6.45) is 4.39. The van der Waals surface area contributed by atoms with Gasteiger partial charge in [0, 0.05) is 37.4 Å². The third-order valence-electron chi connectivity index (χ3n) is 6.68. The molecule has 1 aliphatic heterocycles. The number of aryl methyl sites for hydroxylation is 1. The number of rotatable bonds is 11. The van der Waals surface area contributed by atoms with Crippen LogP contribution in [0, 0.1) is 12.8 Å². The number of aromatic nitrogens is 3. The maximum absolute atomic E-state index is 12.7. The van der Waals surface area contributed by atoms with Crippen molar-refractivity contribution in [2.45, 2.75) is 57.5 Å². The van der Waals surface area contributed by atoms with Gasteiger partial charge in [0.05, 0.1) is 12.5 Å². The fourth-order valence-corrected chi connectivity index (χ4v) is 5.53. The Hall–Kier alpha value is -3.13. The molecule has 4 rings (SSSR count). The van der Waals surface area contributed by atoms with E-state index in [1.807, 2.05) is 30.0 Å². The maximum Gasteiger partial charge on any atom is 0.309 e. The highest BCUT2D eigenvalue weighted by atomic mass is 32.2. The second-order valence-electron chi connectivity index (χ2n) is 9.44. The largest absolute Gasteiger partial charge is 0.466 e. The fraction of sp³-hybridized carbons (Fsp3) is 0.448. The van der Waals surface area contributed by atoms with E-state index in [0.29, 0.717) is 45.4 Å². The number of piperidine rings is 1. The van der Waals surface area contributed by atoms with Gasteiger partial charge in [0.25, 0.3) is 0 Å². The molecule has 8 heteroatoms. The van der Waals surface area contributed by atoms with Crippen molar-refractivity contribution in [1.82, 2.24) is 19.7 Å². The Morgan fingerprint density at radius 1 is 1.00 bits per heavy atom. The number of carbonyl (C=O) groups is 2. The lowest BCUT2D eigenvalue weighted by Crippen LogP contribution is -2.40. The lowest BCUT2D eigenvalue weighted by atomic mass is 9.96. The van der Waals surface area contributed by atoms with Crippen LogP contribution in [0.25, 0.3) is 5.69 Å². The first kappa shape index (κ1) is 26.9. The molecule has 0 radical (unpaired) electrons. The number of likely N-dealkylation sites (tertiary alicyclic amines) is 1. The summed E-state index contributed by atoms with van der Waals surface area (Å²) in [6, 6.07) is 18.8. The molecule has 1 aromatic heterocycles. The maximum atomic E-state index is 12.7. The van der Waals surface area contributed by atoms with E-state index in [1.54, 1.807) is 11.8 Å². The summed E-state index contributed by atoms with van der Waals surface area (Å²) in [5, 5.41) is 9.92. The topological polar surface area (TPSA) is 77.3 Å². The monoisotopic (exact) mass is 520 g/mol. The fourth-order valence-electron chi connectivity index (χ4n) is 4.56. The van der Waals surface area contributed by atoms with Crippen molar-refractivity contribution in [3.63, 3.8) is 0 Å². The molecule has 0 unspecified atom stereocenters. The van der Waals surface area contributed by atoms with E-state index in [-0.39, 0.29) is 17.8 Å². The summed E-state index contributed by atoms with van der Waals surface area (Å²) >= 11 is 1.69. The Labute approximate surface area is 223 Å². The Kier molecular flexibility index (Phi) is 9.77. The first-order chi connectivity index (χ1) is 18.0. The second kappa shape index (κ2) is 13.4. The number of nitrogens with zero attached hydrogens (tertiary/aromatic N) is 4. The number of hydrogen-bond acceptors (Lipinski definition) is 6. The average Bonchev–Trinajstić information content (AvgIpc) is 3.31. The van der Waals surface area contributed by atoms with Gasteiger partial charge in [0.1, 0.15) is 5.82 Å². The summed E-state index contributed by atoms with van der Waals surface area (Å²) in [5.74, 6) is 1.77. The highest BCUT2D eigenvalue weighted by molar-refractivity contribution is 7.99. The van der Waals surface area contributed by atoms with Crippen molar-refractivity contribution in [3.8, 4) is 5.69 Å². The van der Waals surface area contributed by atoms with Gasteiger partial charge in [-0.2, -0.15) is 0 Å². The lowest BCUT2D eigenvalue weighted by Gasteiger charge is -2.31. The van der Waals surface area contributed by atoms with Crippen molar-refractivity contribution in [1.29, 1.82) is 0 Å². The number of benzene rings is 2. The van der Waals surface area contributed by atoms with Gasteiger partial charge in [-0.05, 0) is 57.2 Å². The smallest absolute Gasteiger partial charge is 0.309 e. The highest BCUT2D eigenvalue weighted by Gasteiger charge is 2.27. The van der Waals surface area contributed by atoms with Gasteiger partial charge in [-0.1, -0.05) is 59.8 Å². The zero-order valence-electron chi connectivity index (χ0n) is 21.8. The van der Waals surface area contributed by atoms with Crippen LogP contribution in [-0.2, 0) is 20.7 Å². The molecule has 7 nitrogen and oxygen atoms in total. The van der Waals surface area contributed by atoms with Gasteiger partial charge in [-0.25, -0.2) is 0 Å². The predicted octanol–water partition coefficient (Wildman–Crippen LogP) is 5.23. The molecule has 0 bridgehead atoms. The minimum atomic E-state index is -0.128. The van der Waals surface area contributed by atoms with E-state index in [2.05, 4.69) is 58.1 Å². The van der Waals surface area contributed by atoms with E-state index in [9.17, 15) is 9.59 Å². The van der Waals surface area contributed by atoms with Crippen molar-refractivity contribution in [3.05, 3.63) is 71.5 Å². The van der Waals surface area contributed by atoms with Crippen LogP contribution >= 0.6 is 11.8 Å². The van der Waals surface area contributed by atoms with Crippen molar-refractivity contribution >= 4 is 23.6 Å². The van der Waals surface area contributed by atoms with Gasteiger partial charge < -0.3 is 9.64 Å². The molecule has 0 N–H and O–H groups in total. The molecule has 0 aliphatic carbocycles. The standard InChI is InChI=1S/C29H36N4O3S/c1-3-36-28(35)24-16-18-32(19-17-24)27(34)11-7-8-20-37-29-31-30-26(21-23-9-5-4-6-10-23)33(29)25-14-12-22(2)13-15-25/h4-6,9-10,12-15,24H,3,7-8,11,16-21H2,1-2H3. The van der Waals surface area contributed by atoms with Gasteiger partial charge in [0.2, 0.25) is 5.91 Å². The van der Waals surface area contributed by atoms with E-state index < -0.39 is 0 Å². The highest BCUT2D eigenvalue weighted by Crippen LogP contribution is 2.25. The molecule has 0 atom stereocenters. The molecule has 1 aliphatic rings. The van der Waals surface area contributed by atoms with Crippen molar-refractivity contribution in [2.75, 3.05) is 25.4 Å². The first-order valence-corrected chi connectivity index (χ1v) is 14.2. The number of amides is 1. The Balaban J connectivity index is 1.28. The van der Waals surface area contributed by atoms with Crippen LogP contribution in [0.3, 0.4) is 0 Å². The molecule has 1 amide bonds. The number of hydrogen-bond donors (Lipinski definition) is 0. The second-order valence-corrected chi connectivity index (χ2v) is 10.5. The van der Waals surface area contributed by atoms with Crippen LogP contribution in [0.15, 0.2) is 59.8 Å². The lowest BCUT2D eigenvalue weighted by molar-refractivity contribution is -0.151. The number of esters is 1. The molecule has 0 saturated carbocycles. The molecule has 1 fully saturated rings. The van der Waals surface area contributed by atoms with Gasteiger partial charge in [-0.3, -0.25) is 14.2 Å². The molecule has 1 saturated heterocycles.